The van der Waals surface area contributed by atoms with Crippen molar-refractivity contribution in [3.63, 3.8) is 0 Å². The Morgan fingerprint density at radius 1 is 1.16 bits per heavy atom. The van der Waals surface area contributed by atoms with Crippen molar-refractivity contribution in [2.75, 3.05) is 0 Å². The number of aliphatic hydroxyl groups is 1. The quantitative estimate of drug-likeness (QED) is 0.620. The molecular formula is C23H30OS. The van der Waals surface area contributed by atoms with Crippen molar-refractivity contribution in [1.29, 1.82) is 0 Å². The molecule has 25 heavy (non-hydrogen) atoms. The van der Waals surface area contributed by atoms with E-state index in [4.69, 9.17) is 0 Å². The van der Waals surface area contributed by atoms with Gasteiger partial charge in [-0.1, -0.05) is 43.7 Å². The van der Waals surface area contributed by atoms with Crippen LogP contribution >= 0.6 is 11.3 Å². The number of hydrogen-bond donors (Lipinski definition) is 1. The molecule has 0 aromatic carbocycles. The fraction of sp³-hybridized carbons (Fsp3) is 0.652. The minimum absolute atomic E-state index is 0.123. The second-order valence-corrected chi connectivity index (χ2v) is 10.5. The zero-order chi connectivity index (χ0) is 17.2. The highest BCUT2D eigenvalue weighted by atomic mass is 32.1. The maximum absolute atomic E-state index is 10.3. The lowest BCUT2D eigenvalue weighted by molar-refractivity contribution is -0.0343. The van der Waals surface area contributed by atoms with Crippen LogP contribution in [0, 0.1) is 28.6 Å². The molecule has 4 aliphatic rings. The Morgan fingerprint density at radius 3 is 2.84 bits per heavy atom. The van der Waals surface area contributed by atoms with Crippen LogP contribution in [0.1, 0.15) is 63.2 Å². The number of fused-ring (bicyclic) bond motifs is 5. The lowest BCUT2D eigenvalue weighted by Crippen LogP contribution is -2.51. The van der Waals surface area contributed by atoms with Gasteiger partial charge in [-0.05, 0) is 78.6 Å². The van der Waals surface area contributed by atoms with Crippen LogP contribution < -0.4 is 0 Å². The van der Waals surface area contributed by atoms with Gasteiger partial charge in [0.1, 0.15) is 0 Å². The summed E-state index contributed by atoms with van der Waals surface area (Å²) in [6.07, 6.45) is 14.5. The van der Waals surface area contributed by atoms with E-state index in [1.165, 1.54) is 25.7 Å². The number of aliphatic hydroxyl groups excluding tert-OH is 1. The van der Waals surface area contributed by atoms with Gasteiger partial charge >= 0.3 is 0 Å². The van der Waals surface area contributed by atoms with Gasteiger partial charge in [0.05, 0.1) is 6.10 Å². The molecule has 0 radical (unpaired) electrons. The molecule has 1 nitrogen and oxygen atoms in total. The maximum atomic E-state index is 10.3. The summed E-state index contributed by atoms with van der Waals surface area (Å²) in [6, 6.07) is 4.56. The molecule has 1 aromatic heterocycles. The van der Waals surface area contributed by atoms with Crippen LogP contribution in [0.15, 0.2) is 41.3 Å². The van der Waals surface area contributed by atoms with E-state index in [1.54, 1.807) is 10.5 Å². The highest BCUT2D eigenvalue weighted by Crippen LogP contribution is 2.66. The highest BCUT2D eigenvalue weighted by molar-refractivity contribution is 7.10. The van der Waals surface area contributed by atoms with Crippen molar-refractivity contribution >= 4 is 11.3 Å². The Balaban J connectivity index is 1.64. The van der Waals surface area contributed by atoms with Gasteiger partial charge in [-0.3, -0.25) is 0 Å². The molecule has 2 saturated carbocycles. The first-order valence-corrected chi connectivity index (χ1v) is 11.0. The monoisotopic (exact) mass is 354 g/mol. The van der Waals surface area contributed by atoms with Crippen LogP contribution in [0.4, 0.5) is 0 Å². The molecule has 0 spiro atoms. The fourth-order valence-electron chi connectivity index (χ4n) is 6.90. The number of rotatable bonds is 1. The first-order chi connectivity index (χ1) is 12.0. The fourth-order valence-corrected chi connectivity index (χ4v) is 7.76. The van der Waals surface area contributed by atoms with Crippen LogP contribution in [0.5, 0.6) is 0 Å². The topological polar surface area (TPSA) is 20.2 Å². The van der Waals surface area contributed by atoms with E-state index < -0.39 is 0 Å². The van der Waals surface area contributed by atoms with Crippen molar-refractivity contribution < 1.29 is 5.11 Å². The second kappa shape index (κ2) is 5.57. The molecule has 4 aliphatic carbocycles. The number of hydrogen-bond acceptors (Lipinski definition) is 2. The summed E-state index contributed by atoms with van der Waals surface area (Å²) in [5, 5.41) is 12.6. The van der Waals surface area contributed by atoms with Gasteiger partial charge in [-0.25, -0.2) is 0 Å². The third-order valence-corrected chi connectivity index (χ3v) is 9.30. The zero-order valence-electron chi connectivity index (χ0n) is 15.4. The first kappa shape index (κ1) is 16.3. The Labute approximate surface area is 155 Å². The molecule has 0 amide bonds. The number of allylic oxidation sites excluding steroid dienone is 3. The number of thiophene rings is 1. The maximum Gasteiger partial charge on any atom is 0.0577 e. The van der Waals surface area contributed by atoms with Gasteiger partial charge in [0.15, 0.2) is 0 Å². The molecular weight excluding hydrogens is 324 g/mol. The molecule has 5 rings (SSSR count). The van der Waals surface area contributed by atoms with E-state index in [2.05, 4.69) is 49.6 Å². The van der Waals surface area contributed by atoms with Crippen molar-refractivity contribution in [2.45, 2.75) is 64.4 Å². The minimum atomic E-state index is -0.123. The Kier molecular flexibility index (Phi) is 3.63. The van der Waals surface area contributed by atoms with E-state index in [0.29, 0.717) is 16.7 Å². The minimum Gasteiger partial charge on any atom is -0.393 e. The SMILES string of the molecule is C[C@@]12C=CC[C@H]1[C@@H]1C(c3cccs3)C=C3C[C@@H](O)CC[C@]3(C)[C@H]1CC2. The molecule has 2 heteroatoms. The highest BCUT2D eigenvalue weighted by Gasteiger charge is 2.57. The summed E-state index contributed by atoms with van der Waals surface area (Å²) in [5.41, 5.74) is 2.30. The molecule has 0 aliphatic heterocycles. The van der Waals surface area contributed by atoms with Gasteiger partial charge in [0.25, 0.3) is 0 Å². The summed E-state index contributed by atoms with van der Waals surface area (Å²) in [7, 11) is 0. The van der Waals surface area contributed by atoms with Gasteiger partial charge < -0.3 is 5.11 Å². The summed E-state index contributed by atoms with van der Waals surface area (Å²) < 4.78 is 0. The van der Waals surface area contributed by atoms with Crippen LogP contribution in [-0.2, 0) is 0 Å². The summed E-state index contributed by atoms with van der Waals surface area (Å²) >= 11 is 1.93. The molecule has 1 heterocycles. The van der Waals surface area contributed by atoms with E-state index in [0.717, 1.165) is 30.6 Å². The van der Waals surface area contributed by atoms with Crippen molar-refractivity contribution in [1.82, 2.24) is 0 Å². The summed E-state index contributed by atoms with van der Waals surface area (Å²) in [5.74, 6) is 2.89. The summed E-state index contributed by atoms with van der Waals surface area (Å²) in [4.78, 5) is 1.54. The van der Waals surface area contributed by atoms with Crippen LogP contribution in [-0.4, -0.2) is 11.2 Å². The van der Waals surface area contributed by atoms with Crippen molar-refractivity contribution in [3.05, 3.63) is 46.2 Å². The zero-order valence-corrected chi connectivity index (χ0v) is 16.3. The average molecular weight is 355 g/mol. The van der Waals surface area contributed by atoms with Gasteiger partial charge in [-0.15, -0.1) is 11.3 Å². The smallest absolute Gasteiger partial charge is 0.0577 e. The van der Waals surface area contributed by atoms with Crippen LogP contribution in [0.25, 0.3) is 0 Å². The van der Waals surface area contributed by atoms with Crippen molar-refractivity contribution in [3.8, 4) is 0 Å². The van der Waals surface area contributed by atoms with Crippen LogP contribution in [0.3, 0.4) is 0 Å². The standard InChI is InChI=1S/C23H30OS/c1-22-9-3-5-18(22)21-17(20-6-4-12-25-20)14-15-13-16(24)7-11-23(15,2)19(21)8-10-22/h3-4,6,9,12,14,16-19,21,24H,5,7-8,10-11,13H2,1-2H3/t16-,17?,18-,19-,21-,22-,23-/m0/s1. The van der Waals surface area contributed by atoms with Gasteiger partial charge in [-0.2, -0.15) is 0 Å². The normalized spacial score (nSPS) is 48.4. The first-order valence-electron chi connectivity index (χ1n) is 10.1. The third kappa shape index (κ3) is 2.29. The molecule has 1 unspecified atom stereocenters. The third-order valence-electron chi connectivity index (χ3n) is 8.33. The van der Waals surface area contributed by atoms with E-state index in [1.807, 2.05) is 11.3 Å². The van der Waals surface area contributed by atoms with Gasteiger partial charge in [0, 0.05) is 10.8 Å². The van der Waals surface area contributed by atoms with E-state index >= 15 is 0 Å². The average Bonchev–Trinajstić information content (AvgIpc) is 3.24. The molecule has 1 N–H and O–H groups in total. The second-order valence-electron chi connectivity index (χ2n) is 9.52. The Bertz CT molecular complexity index is 716. The predicted octanol–water partition coefficient (Wildman–Crippen LogP) is 5.93. The van der Waals surface area contributed by atoms with E-state index in [-0.39, 0.29) is 6.10 Å². The Hall–Kier alpha value is -0.860. The van der Waals surface area contributed by atoms with E-state index in [9.17, 15) is 5.11 Å². The molecule has 134 valence electrons. The summed E-state index contributed by atoms with van der Waals surface area (Å²) in [6.45, 7) is 5.03. The van der Waals surface area contributed by atoms with Gasteiger partial charge in [0.2, 0.25) is 0 Å². The van der Waals surface area contributed by atoms with Crippen LogP contribution in [0.2, 0.25) is 0 Å². The predicted molar refractivity (Wildman–Crippen MR) is 105 cm³/mol. The molecule has 0 bridgehead atoms. The molecule has 7 atom stereocenters. The van der Waals surface area contributed by atoms with Crippen molar-refractivity contribution in [2.24, 2.45) is 28.6 Å². The molecule has 2 fully saturated rings. The Morgan fingerprint density at radius 2 is 2.04 bits per heavy atom. The molecule has 1 aromatic rings. The largest absolute Gasteiger partial charge is 0.393 e. The lowest BCUT2D eigenvalue weighted by Gasteiger charge is -2.59. The molecule has 0 saturated heterocycles. The lowest BCUT2D eigenvalue weighted by atomic mass is 9.46.